The summed E-state index contributed by atoms with van der Waals surface area (Å²) in [5.41, 5.74) is 8.59. The van der Waals surface area contributed by atoms with Crippen molar-refractivity contribution in [2.45, 2.75) is 64.3 Å². The largest absolute Gasteiger partial charge is 0.504 e. The van der Waals surface area contributed by atoms with Crippen molar-refractivity contribution in [3.8, 4) is 28.4 Å². The van der Waals surface area contributed by atoms with Gasteiger partial charge in [0.25, 0.3) is 0 Å². The summed E-state index contributed by atoms with van der Waals surface area (Å²) in [5, 5.41) is 14.2. The summed E-state index contributed by atoms with van der Waals surface area (Å²) in [5.74, 6) is 2.69. The summed E-state index contributed by atoms with van der Waals surface area (Å²) in [7, 11) is 1.59. The molecule has 0 unspecified atom stereocenters. The first-order valence-electron chi connectivity index (χ1n) is 13.4. The second-order valence-electron chi connectivity index (χ2n) is 11.2. The van der Waals surface area contributed by atoms with Crippen LogP contribution in [0.3, 0.4) is 0 Å². The molecule has 1 aliphatic carbocycles. The number of rotatable bonds is 3. The van der Waals surface area contributed by atoms with Crippen molar-refractivity contribution in [2.75, 3.05) is 12.4 Å². The van der Waals surface area contributed by atoms with Gasteiger partial charge < -0.3 is 19.9 Å². The predicted octanol–water partition coefficient (Wildman–Crippen LogP) is 8.61. The van der Waals surface area contributed by atoms with Gasteiger partial charge in [-0.1, -0.05) is 55.7 Å². The molecule has 190 valence electrons. The minimum atomic E-state index is -0.145. The van der Waals surface area contributed by atoms with Crippen molar-refractivity contribution in [2.24, 2.45) is 0 Å². The average molecular weight is 494 g/mol. The number of hydrogen-bond acceptors (Lipinski definition) is 4. The number of hydrogen-bond donors (Lipinski definition) is 2. The first kappa shape index (κ1) is 23.7. The number of fused-ring (bicyclic) bond motifs is 5. The van der Waals surface area contributed by atoms with Gasteiger partial charge in [0.1, 0.15) is 11.5 Å². The van der Waals surface area contributed by atoms with Gasteiger partial charge in [0.2, 0.25) is 0 Å². The lowest BCUT2D eigenvalue weighted by atomic mass is 9.82. The van der Waals surface area contributed by atoms with Crippen molar-refractivity contribution >= 4 is 23.1 Å². The normalized spacial score (nSPS) is 19.1. The van der Waals surface area contributed by atoms with Crippen molar-refractivity contribution in [3.63, 3.8) is 0 Å². The van der Waals surface area contributed by atoms with Crippen LogP contribution in [0.2, 0.25) is 0 Å². The van der Waals surface area contributed by atoms with Gasteiger partial charge in [0.05, 0.1) is 18.2 Å². The number of phenols is 1. The maximum absolute atomic E-state index is 10.6. The van der Waals surface area contributed by atoms with Crippen LogP contribution in [0.4, 0.5) is 5.69 Å². The van der Waals surface area contributed by atoms with E-state index in [4.69, 9.17) is 9.47 Å². The molecule has 0 spiro atoms. The Balaban J connectivity index is 1.51. The molecule has 4 nitrogen and oxygen atoms in total. The molecular formula is C33H35NO3. The van der Waals surface area contributed by atoms with E-state index >= 15 is 0 Å². The lowest BCUT2D eigenvalue weighted by Crippen LogP contribution is -2.32. The molecule has 0 saturated heterocycles. The zero-order chi connectivity index (χ0) is 25.7. The first-order chi connectivity index (χ1) is 17.8. The Morgan fingerprint density at radius 3 is 2.43 bits per heavy atom. The van der Waals surface area contributed by atoms with Crippen LogP contribution in [0.5, 0.6) is 17.2 Å². The molecule has 4 heteroatoms. The molecule has 2 N–H and O–H groups in total. The number of anilines is 1. The molecule has 3 aliphatic rings. The number of methoxy groups -OCH3 is 1. The second kappa shape index (κ2) is 9.02. The fraction of sp³-hybridized carbons (Fsp3) is 0.333. The summed E-state index contributed by atoms with van der Waals surface area (Å²) in [6.45, 7) is 6.51. The smallest absolute Gasteiger partial charge is 0.172 e. The molecule has 2 heterocycles. The van der Waals surface area contributed by atoms with Crippen molar-refractivity contribution < 1.29 is 14.6 Å². The van der Waals surface area contributed by atoms with E-state index in [-0.39, 0.29) is 11.3 Å². The SMILES string of the molecule is COc1c(O)ccc2c1-c1ccc3c(c1C(=Cc1ccc(C4CCCCC4)cc1)O2)C(C)=CC(C)(C)N3. The van der Waals surface area contributed by atoms with Crippen molar-refractivity contribution in [3.05, 3.63) is 76.9 Å². The Labute approximate surface area is 219 Å². The highest BCUT2D eigenvalue weighted by Gasteiger charge is 2.33. The molecule has 0 aromatic heterocycles. The fourth-order valence-corrected chi connectivity index (χ4v) is 6.40. The molecule has 0 amide bonds. The number of allylic oxidation sites excluding steroid dienone is 1. The van der Waals surface area contributed by atoms with Crippen LogP contribution in [0.15, 0.2) is 54.6 Å². The second-order valence-corrected chi connectivity index (χ2v) is 11.2. The van der Waals surface area contributed by atoms with Crippen LogP contribution >= 0.6 is 0 Å². The molecule has 6 rings (SSSR count). The molecule has 3 aromatic carbocycles. The van der Waals surface area contributed by atoms with Gasteiger partial charge in [-0.15, -0.1) is 0 Å². The van der Waals surface area contributed by atoms with Gasteiger partial charge in [-0.25, -0.2) is 0 Å². The molecule has 2 aliphatic heterocycles. The van der Waals surface area contributed by atoms with Gasteiger partial charge in [-0.05, 0) is 80.5 Å². The molecule has 0 bridgehead atoms. The van der Waals surface area contributed by atoms with Crippen LogP contribution < -0.4 is 14.8 Å². The summed E-state index contributed by atoms with van der Waals surface area (Å²) < 4.78 is 12.2. The lowest BCUT2D eigenvalue weighted by molar-refractivity contribution is 0.371. The summed E-state index contributed by atoms with van der Waals surface area (Å²) in [4.78, 5) is 0. The standard InChI is InChI=1S/C33H35NO3/c1-20-19-33(2,3)34-25-15-14-24-30(29(20)25)28(37-27-17-16-26(35)32(36-4)31(24)27)18-21-10-12-23(13-11-21)22-8-6-5-7-9-22/h10-19,22,34-35H,5-9H2,1-4H3. The van der Waals surface area contributed by atoms with E-state index in [2.05, 4.69) is 74.6 Å². The fourth-order valence-electron chi connectivity index (χ4n) is 6.40. The van der Waals surface area contributed by atoms with Gasteiger partial charge in [0.15, 0.2) is 11.5 Å². The monoisotopic (exact) mass is 493 g/mol. The lowest BCUT2D eigenvalue weighted by Gasteiger charge is -2.35. The maximum Gasteiger partial charge on any atom is 0.172 e. The zero-order valence-corrected chi connectivity index (χ0v) is 22.2. The Kier molecular flexibility index (Phi) is 5.78. The van der Waals surface area contributed by atoms with E-state index < -0.39 is 0 Å². The predicted molar refractivity (Wildman–Crippen MR) is 152 cm³/mol. The van der Waals surface area contributed by atoms with Crippen LogP contribution in [-0.4, -0.2) is 17.8 Å². The van der Waals surface area contributed by atoms with E-state index in [0.29, 0.717) is 17.4 Å². The van der Waals surface area contributed by atoms with Gasteiger partial charge in [-0.2, -0.15) is 0 Å². The quantitative estimate of drug-likeness (QED) is 0.383. The van der Waals surface area contributed by atoms with Crippen LogP contribution in [-0.2, 0) is 0 Å². The maximum atomic E-state index is 10.6. The van der Waals surface area contributed by atoms with E-state index in [9.17, 15) is 5.11 Å². The van der Waals surface area contributed by atoms with E-state index in [1.54, 1.807) is 13.2 Å². The molecule has 1 saturated carbocycles. The van der Waals surface area contributed by atoms with E-state index in [1.807, 2.05) is 6.07 Å². The first-order valence-corrected chi connectivity index (χ1v) is 13.4. The van der Waals surface area contributed by atoms with Crippen LogP contribution in [0.1, 0.15) is 81.0 Å². The van der Waals surface area contributed by atoms with Gasteiger partial charge in [0, 0.05) is 22.4 Å². The average Bonchev–Trinajstić information content (AvgIpc) is 2.89. The summed E-state index contributed by atoms with van der Waals surface area (Å²) in [6, 6.07) is 16.7. The van der Waals surface area contributed by atoms with E-state index in [0.717, 1.165) is 39.3 Å². The van der Waals surface area contributed by atoms with Crippen molar-refractivity contribution in [1.82, 2.24) is 0 Å². The Morgan fingerprint density at radius 2 is 1.70 bits per heavy atom. The number of benzene rings is 3. The molecule has 37 heavy (non-hydrogen) atoms. The molecule has 1 fully saturated rings. The number of nitrogens with one attached hydrogen (secondary N) is 1. The summed E-state index contributed by atoms with van der Waals surface area (Å²) in [6.07, 6.45) is 11.0. The topological polar surface area (TPSA) is 50.7 Å². The van der Waals surface area contributed by atoms with E-state index in [1.165, 1.54) is 43.2 Å². The zero-order valence-electron chi connectivity index (χ0n) is 22.2. The highest BCUT2D eigenvalue weighted by Crippen LogP contribution is 2.54. The summed E-state index contributed by atoms with van der Waals surface area (Å²) >= 11 is 0. The third kappa shape index (κ3) is 4.19. The third-order valence-corrected chi connectivity index (χ3v) is 7.98. The Bertz CT molecular complexity index is 1420. The Hall–Kier alpha value is -3.66. The number of aromatic hydroxyl groups is 1. The van der Waals surface area contributed by atoms with Crippen molar-refractivity contribution in [1.29, 1.82) is 0 Å². The molecule has 0 radical (unpaired) electrons. The van der Waals surface area contributed by atoms with Crippen LogP contribution in [0.25, 0.3) is 28.5 Å². The molecular weight excluding hydrogens is 458 g/mol. The van der Waals surface area contributed by atoms with Gasteiger partial charge >= 0.3 is 0 Å². The van der Waals surface area contributed by atoms with Gasteiger partial charge in [-0.3, -0.25) is 0 Å². The number of phenolic OH excluding ortho intramolecular Hbond substituents is 1. The molecule has 0 atom stereocenters. The third-order valence-electron chi connectivity index (χ3n) is 7.98. The highest BCUT2D eigenvalue weighted by molar-refractivity contribution is 6.02. The Morgan fingerprint density at radius 1 is 0.946 bits per heavy atom. The van der Waals surface area contributed by atoms with Crippen LogP contribution in [0, 0.1) is 0 Å². The molecule has 3 aromatic rings. The minimum absolute atomic E-state index is 0.103. The minimum Gasteiger partial charge on any atom is -0.504 e. The highest BCUT2D eigenvalue weighted by atomic mass is 16.5. The number of ether oxygens (including phenoxy) is 2.